The fourth-order valence-electron chi connectivity index (χ4n) is 1.59. The van der Waals surface area contributed by atoms with Gasteiger partial charge in [-0.25, -0.2) is 0 Å². The molecule has 1 amide bonds. The van der Waals surface area contributed by atoms with Crippen molar-refractivity contribution in [1.29, 1.82) is 0 Å². The summed E-state index contributed by atoms with van der Waals surface area (Å²) in [6.07, 6.45) is 3.32. The van der Waals surface area contributed by atoms with E-state index in [0.29, 0.717) is 23.6 Å². The van der Waals surface area contributed by atoms with Gasteiger partial charge in [-0.05, 0) is 26.0 Å². The maximum absolute atomic E-state index is 11.9. The quantitative estimate of drug-likeness (QED) is 0.874. The molecule has 0 aliphatic rings. The lowest BCUT2D eigenvalue weighted by Crippen LogP contribution is -2.23. The Bertz CT molecular complexity index is 520. The van der Waals surface area contributed by atoms with Gasteiger partial charge < -0.3 is 9.84 Å². The monoisotopic (exact) mass is 231 g/mol. The van der Waals surface area contributed by atoms with E-state index >= 15 is 0 Å². The summed E-state index contributed by atoms with van der Waals surface area (Å²) in [5.74, 6) is 0.333. The molecule has 0 aliphatic heterocycles. The van der Waals surface area contributed by atoms with Crippen molar-refractivity contribution in [3.05, 3.63) is 35.9 Å². The number of nitrogens with one attached hydrogen (secondary N) is 1. The van der Waals surface area contributed by atoms with Gasteiger partial charge in [0, 0.05) is 24.5 Å². The molecule has 2 heterocycles. The highest BCUT2D eigenvalue weighted by Gasteiger charge is 2.20. The second-order valence-electron chi connectivity index (χ2n) is 3.56. The SMILES string of the molecule is CCNC(=O)c1c(-c2cccnc2)noc1C. The average molecular weight is 231 g/mol. The number of nitrogens with zero attached hydrogens (tertiary/aromatic N) is 2. The molecule has 0 radical (unpaired) electrons. The van der Waals surface area contributed by atoms with E-state index in [1.807, 2.05) is 13.0 Å². The van der Waals surface area contributed by atoms with Gasteiger partial charge in [-0.2, -0.15) is 0 Å². The number of hydrogen-bond acceptors (Lipinski definition) is 4. The summed E-state index contributed by atoms with van der Waals surface area (Å²) in [7, 11) is 0. The van der Waals surface area contributed by atoms with Crippen LogP contribution in [0.1, 0.15) is 23.0 Å². The van der Waals surface area contributed by atoms with Crippen molar-refractivity contribution >= 4 is 5.91 Å². The first-order chi connectivity index (χ1) is 8.24. The van der Waals surface area contributed by atoms with Crippen LogP contribution in [0.4, 0.5) is 0 Å². The number of rotatable bonds is 3. The maximum Gasteiger partial charge on any atom is 0.257 e. The van der Waals surface area contributed by atoms with Crippen molar-refractivity contribution < 1.29 is 9.32 Å². The third kappa shape index (κ3) is 2.18. The summed E-state index contributed by atoms with van der Waals surface area (Å²) in [6, 6.07) is 3.63. The maximum atomic E-state index is 11.9. The van der Waals surface area contributed by atoms with Gasteiger partial charge in [0.15, 0.2) is 0 Å². The molecule has 0 fully saturated rings. The molecular weight excluding hydrogens is 218 g/mol. The van der Waals surface area contributed by atoms with E-state index < -0.39 is 0 Å². The molecule has 2 aromatic heterocycles. The molecule has 2 rings (SSSR count). The van der Waals surface area contributed by atoms with Crippen molar-refractivity contribution in [3.8, 4) is 11.3 Å². The van der Waals surface area contributed by atoms with Crippen LogP contribution in [0.3, 0.4) is 0 Å². The van der Waals surface area contributed by atoms with Crippen molar-refractivity contribution in [2.75, 3.05) is 6.54 Å². The molecule has 0 bridgehead atoms. The average Bonchev–Trinajstić information content (AvgIpc) is 2.73. The van der Waals surface area contributed by atoms with Gasteiger partial charge >= 0.3 is 0 Å². The number of aryl methyl sites for hydroxylation is 1. The van der Waals surface area contributed by atoms with E-state index in [0.717, 1.165) is 5.56 Å². The Morgan fingerprint density at radius 2 is 2.35 bits per heavy atom. The molecule has 1 N–H and O–H groups in total. The number of carbonyl (C=O) groups is 1. The first-order valence-electron chi connectivity index (χ1n) is 5.39. The molecule has 0 spiro atoms. The fourth-order valence-corrected chi connectivity index (χ4v) is 1.59. The van der Waals surface area contributed by atoms with Gasteiger partial charge in [-0.1, -0.05) is 5.16 Å². The van der Waals surface area contributed by atoms with Gasteiger partial charge in [-0.15, -0.1) is 0 Å². The zero-order valence-corrected chi connectivity index (χ0v) is 9.73. The summed E-state index contributed by atoms with van der Waals surface area (Å²) in [5, 5.41) is 6.65. The van der Waals surface area contributed by atoms with E-state index in [2.05, 4.69) is 15.5 Å². The molecule has 88 valence electrons. The van der Waals surface area contributed by atoms with Gasteiger partial charge in [0.2, 0.25) is 0 Å². The van der Waals surface area contributed by atoms with Gasteiger partial charge in [0.1, 0.15) is 17.0 Å². The minimum Gasteiger partial charge on any atom is -0.360 e. The molecule has 0 aliphatic carbocycles. The lowest BCUT2D eigenvalue weighted by atomic mass is 10.1. The third-order valence-corrected chi connectivity index (χ3v) is 2.36. The lowest BCUT2D eigenvalue weighted by Gasteiger charge is -2.02. The van der Waals surface area contributed by atoms with Crippen molar-refractivity contribution in [2.24, 2.45) is 0 Å². The Kier molecular flexibility index (Phi) is 3.18. The van der Waals surface area contributed by atoms with Crippen LogP contribution in [0.15, 0.2) is 29.0 Å². The third-order valence-electron chi connectivity index (χ3n) is 2.36. The summed E-state index contributed by atoms with van der Waals surface area (Å²) in [5.41, 5.74) is 1.77. The summed E-state index contributed by atoms with van der Waals surface area (Å²) < 4.78 is 5.08. The van der Waals surface area contributed by atoms with Crippen molar-refractivity contribution in [2.45, 2.75) is 13.8 Å². The second-order valence-corrected chi connectivity index (χ2v) is 3.56. The zero-order valence-electron chi connectivity index (χ0n) is 9.73. The fraction of sp³-hybridized carbons (Fsp3) is 0.250. The molecule has 5 heteroatoms. The van der Waals surface area contributed by atoms with E-state index in [4.69, 9.17) is 4.52 Å². The van der Waals surface area contributed by atoms with Crippen LogP contribution in [0, 0.1) is 6.92 Å². The van der Waals surface area contributed by atoms with Crippen LogP contribution >= 0.6 is 0 Å². The Hall–Kier alpha value is -2.17. The molecule has 0 saturated carbocycles. The number of carbonyl (C=O) groups excluding carboxylic acids is 1. The van der Waals surface area contributed by atoms with E-state index in [-0.39, 0.29) is 5.91 Å². The molecule has 0 saturated heterocycles. The molecule has 0 aromatic carbocycles. The molecule has 0 atom stereocenters. The minimum absolute atomic E-state index is 0.176. The van der Waals surface area contributed by atoms with Gasteiger partial charge in [-0.3, -0.25) is 9.78 Å². The van der Waals surface area contributed by atoms with Crippen LogP contribution < -0.4 is 5.32 Å². The summed E-state index contributed by atoms with van der Waals surface area (Å²) in [4.78, 5) is 15.9. The second kappa shape index (κ2) is 4.78. The highest BCUT2D eigenvalue weighted by Crippen LogP contribution is 2.24. The van der Waals surface area contributed by atoms with E-state index in [1.165, 1.54) is 0 Å². The van der Waals surface area contributed by atoms with Crippen molar-refractivity contribution in [1.82, 2.24) is 15.5 Å². The predicted octanol–water partition coefficient (Wildman–Crippen LogP) is 1.79. The molecule has 0 unspecified atom stereocenters. The summed E-state index contributed by atoms with van der Waals surface area (Å²) in [6.45, 7) is 4.15. The van der Waals surface area contributed by atoms with E-state index in [1.54, 1.807) is 25.4 Å². The number of hydrogen-bond donors (Lipinski definition) is 1. The van der Waals surface area contributed by atoms with Crippen LogP contribution in [0.2, 0.25) is 0 Å². The largest absolute Gasteiger partial charge is 0.360 e. The first kappa shape index (κ1) is 11.3. The normalized spacial score (nSPS) is 10.2. The van der Waals surface area contributed by atoms with Gasteiger partial charge in [0.25, 0.3) is 5.91 Å². The van der Waals surface area contributed by atoms with Crippen LogP contribution in [0.5, 0.6) is 0 Å². The topological polar surface area (TPSA) is 68.0 Å². The Balaban J connectivity index is 2.46. The predicted molar refractivity (Wildman–Crippen MR) is 62.5 cm³/mol. The van der Waals surface area contributed by atoms with Crippen LogP contribution in [-0.2, 0) is 0 Å². The standard InChI is InChI=1S/C12H13N3O2/c1-3-14-12(16)10-8(2)17-15-11(10)9-5-4-6-13-7-9/h4-7H,3H2,1-2H3,(H,14,16). The minimum atomic E-state index is -0.176. The van der Waals surface area contributed by atoms with Crippen molar-refractivity contribution in [3.63, 3.8) is 0 Å². The highest BCUT2D eigenvalue weighted by atomic mass is 16.5. The smallest absolute Gasteiger partial charge is 0.257 e. The van der Waals surface area contributed by atoms with Crippen LogP contribution in [-0.4, -0.2) is 22.6 Å². The number of amides is 1. The van der Waals surface area contributed by atoms with E-state index in [9.17, 15) is 4.79 Å². The molecule has 17 heavy (non-hydrogen) atoms. The zero-order chi connectivity index (χ0) is 12.3. The molecule has 5 nitrogen and oxygen atoms in total. The van der Waals surface area contributed by atoms with Crippen LogP contribution in [0.25, 0.3) is 11.3 Å². The lowest BCUT2D eigenvalue weighted by molar-refractivity contribution is 0.0955. The first-order valence-corrected chi connectivity index (χ1v) is 5.39. The summed E-state index contributed by atoms with van der Waals surface area (Å²) >= 11 is 0. The highest BCUT2D eigenvalue weighted by molar-refractivity contribution is 6.00. The van der Waals surface area contributed by atoms with Gasteiger partial charge in [0.05, 0.1) is 0 Å². The number of pyridine rings is 1. The number of aromatic nitrogens is 2. The Labute approximate surface area is 98.8 Å². The molecule has 2 aromatic rings. The Morgan fingerprint density at radius 3 is 3.00 bits per heavy atom. The Morgan fingerprint density at radius 1 is 1.53 bits per heavy atom. The molecular formula is C12H13N3O2.